The molecule has 0 aliphatic heterocycles. The fraction of sp³-hybridized carbons (Fsp3) is 0.267. The number of furan rings is 1. The number of benzene rings is 1. The molecule has 2 aromatic rings. The van der Waals surface area contributed by atoms with Crippen LogP contribution in [-0.4, -0.2) is 17.2 Å². The van der Waals surface area contributed by atoms with Crippen LogP contribution < -0.4 is 10.6 Å². The number of carbonyl (C=O) groups is 1. The van der Waals surface area contributed by atoms with E-state index in [2.05, 4.69) is 10.6 Å². The van der Waals surface area contributed by atoms with Gasteiger partial charge in [0, 0.05) is 24.2 Å². The molecular weight excluding hydrogens is 294 g/mol. The van der Waals surface area contributed by atoms with Gasteiger partial charge in [0.1, 0.15) is 11.9 Å². The molecule has 0 radical (unpaired) electrons. The van der Waals surface area contributed by atoms with Crippen molar-refractivity contribution in [3.63, 3.8) is 0 Å². The van der Waals surface area contributed by atoms with Gasteiger partial charge in [-0.1, -0.05) is 0 Å². The smallest absolute Gasteiger partial charge is 0.319 e. The van der Waals surface area contributed by atoms with Crippen molar-refractivity contribution in [3.8, 4) is 0 Å². The van der Waals surface area contributed by atoms with E-state index in [1.807, 2.05) is 0 Å². The van der Waals surface area contributed by atoms with Gasteiger partial charge in [0.2, 0.25) is 0 Å². The number of hydrogen-bond acceptors (Lipinski definition) is 3. The summed E-state index contributed by atoms with van der Waals surface area (Å²) in [6.45, 7) is 1.71. The Morgan fingerprint density at radius 2 is 2.09 bits per heavy atom. The highest BCUT2D eigenvalue weighted by atomic mass is 19.2. The molecule has 2 unspecified atom stereocenters. The molecule has 0 bridgehead atoms. The normalized spacial score (nSPS) is 13.5. The number of aliphatic hydroxyl groups is 1. The van der Waals surface area contributed by atoms with Crippen LogP contribution in [0.3, 0.4) is 0 Å². The number of urea groups is 1. The molecule has 0 aliphatic carbocycles. The van der Waals surface area contributed by atoms with Crippen LogP contribution >= 0.6 is 0 Å². The fourth-order valence-electron chi connectivity index (χ4n) is 1.96. The van der Waals surface area contributed by atoms with Gasteiger partial charge in [0.05, 0.1) is 6.26 Å². The third-order valence-electron chi connectivity index (χ3n) is 3.00. The Labute approximate surface area is 125 Å². The summed E-state index contributed by atoms with van der Waals surface area (Å²) in [6.07, 6.45) is 0.860. The molecule has 0 fully saturated rings. The van der Waals surface area contributed by atoms with Crippen LogP contribution in [0.1, 0.15) is 25.2 Å². The second kappa shape index (κ2) is 7.04. The molecule has 1 heterocycles. The van der Waals surface area contributed by atoms with Crippen LogP contribution in [0.25, 0.3) is 0 Å². The Hall–Kier alpha value is -2.41. The second-order valence-electron chi connectivity index (χ2n) is 4.90. The highest BCUT2D eigenvalue weighted by molar-refractivity contribution is 5.89. The topological polar surface area (TPSA) is 74.5 Å². The van der Waals surface area contributed by atoms with E-state index >= 15 is 0 Å². The molecule has 0 aliphatic rings. The molecule has 0 spiro atoms. The lowest BCUT2D eigenvalue weighted by Gasteiger charge is -2.17. The number of carbonyl (C=O) groups excluding carboxylic acids is 1. The van der Waals surface area contributed by atoms with Crippen molar-refractivity contribution in [2.45, 2.75) is 25.5 Å². The largest absolute Gasteiger partial charge is 0.467 e. The van der Waals surface area contributed by atoms with Gasteiger partial charge in [-0.2, -0.15) is 0 Å². The number of hydrogen-bond donors (Lipinski definition) is 3. The number of rotatable bonds is 5. The molecule has 2 atom stereocenters. The lowest BCUT2D eigenvalue weighted by Crippen LogP contribution is -2.37. The monoisotopic (exact) mass is 310 g/mol. The molecule has 1 aromatic carbocycles. The zero-order chi connectivity index (χ0) is 16.1. The molecule has 2 rings (SSSR count). The molecule has 7 heteroatoms. The van der Waals surface area contributed by atoms with E-state index in [0.717, 1.165) is 12.1 Å². The van der Waals surface area contributed by atoms with E-state index in [1.165, 1.54) is 12.3 Å². The van der Waals surface area contributed by atoms with Crippen molar-refractivity contribution in [1.29, 1.82) is 0 Å². The minimum atomic E-state index is -1.04. The lowest BCUT2D eigenvalue weighted by molar-refractivity contribution is 0.130. The van der Waals surface area contributed by atoms with Gasteiger partial charge in [-0.3, -0.25) is 0 Å². The Bertz CT molecular complexity index is 632. The van der Waals surface area contributed by atoms with Crippen molar-refractivity contribution in [2.75, 3.05) is 5.32 Å². The summed E-state index contributed by atoms with van der Waals surface area (Å²) in [5, 5.41) is 14.9. The maximum atomic E-state index is 13.0. The molecule has 118 valence electrons. The van der Waals surface area contributed by atoms with E-state index in [-0.39, 0.29) is 18.2 Å². The van der Waals surface area contributed by atoms with E-state index < -0.39 is 23.8 Å². The van der Waals surface area contributed by atoms with Gasteiger partial charge >= 0.3 is 6.03 Å². The summed E-state index contributed by atoms with van der Waals surface area (Å²) in [6, 6.07) is 5.42. The molecule has 5 nitrogen and oxygen atoms in total. The molecule has 0 saturated carbocycles. The first-order chi connectivity index (χ1) is 10.5. The molecule has 1 aromatic heterocycles. The summed E-state index contributed by atoms with van der Waals surface area (Å²) in [4.78, 5) is 11.7. The minimum absolute atomic E-state index is 0.134. The van der Waals surface area contributed by atoms with Crippen LogP contribution in [0.2, 0.25) is 0 Å². The first-order valence-electron chi connectivity index (χ1n) is 6.69. The summed E-state index contributed by atoms with van der Waals surface area (Å²) in [5.41, 5.74) is 0.134. The predicted octanol–water partition coefficient (Wildman–Crippen LogP) is 3.19. The van der Waals surface area contributed by atoms with Crippen molar-refractivity contribution < 1.29 is 23.1 Å². The van der Waals surface area contributed by atoms with Gasteiger partial charge in [0.15, 0.2) is 11.6 Å². The maximum Gasteiger partial charge on any atom is 0.319 e. The number of nitrogens with one attached hydrogen (secondary N) is 2. The quantitative estimate of drug-likeness (QED) is 0.794. The Balaban J connectivity index is 1.84. The van der Waals surface area contributed by atoms with Gasteiger partial charge in [0.25, 0.3) is 0 Å². The van der Waals surface area contributed by atoms with Crippen LogP contribution in [-0.2, 0) is 0 Å². The standard InChI is InChI=1S/C15H16F2N2O3/c1-9(7-13(20)14-3-2-6-22-14)18-15(21)19-10-4-5-11(16)12(17)8-10/h2-6,8-9,13,20H,7H2,1H3,(H2,18,19,21). The van der Waals surface area contributed by atoms with Crippen LogP contribution in [0.5, 0.6) is 0 Å². The molecule has 22 heavy (non-hydrogen) atoms. The Morgan fingerprint density at radius 1 is 1.32 bits per heavy atom. The maximum absolute atomic E-state index is 13.0. The van der Waals surface area contributed by atoms with Crippen LogP contribution in [0, 0.1) is 11.6 Å². The third kappa shape index (κ3) is 4.29. The van der Waals surface area contributed by atoms with Crippen LogP contribution in [0.4, 0.5) is 19.3 Å². The van der Waals surface area contributed by atoms with E-state index in [1.54, 1.807) is 19.1 Å². The van der Waals surface area contributed by atoms with Gasteiger partial charge < -0.3 is 20.2 Å². The molecule has 3 N–H and O–H groups in total. The van der Waals surface area contributed by atoms with E-state index in [4.69, 9.17) is 4.42 Å². The summed E-state index contributed by atoms with van der Waals surface area (Å²) >= 11 is 0. The predicted molar refractivity (Wildman–Crippen MR) is 76.3 cm³/mol. The van der Waals surface area contributed by atoms with Gasteiger partial charge in [-0.15, -0.1) is 0 Å². The number of aliphatic hydroxyl groups excluding tert-OH is 1. The van der Waals surface area contributed by atoms with E-state index in [9.17, 15) is 18.7 Å². The van der Waals surface area contributed by atoms with Crippen molar-refractivity contribution in [3.05, 3.63) is 54.0 Å². The number of anilines is 1. The molecule has 2 amide bonds. The van der Waals surface area contributed by atoms with Gasteiger partial charge in [-0.05, 0) is 31.2 Å². The second-order valence-corrected chi connectivity index (χ2v) is 4.90. The summed E-state index contributed by atoms with van der Waals surface area (Å²) in [5.74, 6) is -1.62. The SMILES string of the molecule is CC(CC(O)c1ccco1)NC(=O)Nc1ccc(F)c(F)c1. The first-order valence-corrected chi connectivity index (χ1v) is 6.69. The zero-order valence-corrected chi connectivity index (χ0v) is 11.8. The average molecular weight is 310 g/mol. The summed E-state index contributed by atoms with van der Waals surface area (Å²) in [7, 11) is 0. The number of amides is 2. The Morgan fingerprint density at radius 3 is 2.73 bits per heavy atom. The number of halogens is 2. The van der Waals surface area contributed by atoms with Crippen molar-refractivity contribution in [1.82, 2.24) is 5.32 Å². The van der Waals surface area contributed by atoms with Crippen molar-refractivity contribution >= 4 is 11.7 Å². The van der Waals surface area contributed by atoms with E-state index in [0.29, 0.717) is 5.76 Å². The fourth-order valence-corrected chi connectivity index (χ4v) is 1.96. The average Bonchev–Trinajstić information content (AvgIpc) is 2.96. The first kappa shape index (κ1) is 16.0. The highest BCUT2D eigenvalue weighted by Gasteiger charge is 2.16. The summed E-state index contributed by atoms with van der Waals surface area (Å²) < 4.78 is 30.9. The van der Waals surface area contributed by atoms with Gasteiger partial charge in [-0.25, -0.2) is 13.6 Å². The molecular formula is C15H16F2N2O3. The molecule has 0 saturated heterocycles. The third-order valence-corrected chi connectivity index (χ3v) is 3.00. The van der Waals surface area contributed by atoms with Crippen molar-refractivity contribution in [2.24, 2.45) is 0 Å². The minimum Gasteiger partial charge on any atom is -0.467 e. The lowest BCUT2D eigenvalue weighted by atomic mass is 10.1. The van der Waals surface area contributed by atoms with Crippen LogP contribution in [0.15, 0.2) is 41.0 Å². The Kier molecular flexibility index (Phi) is 5.11. The highest BCUT2D eigenvalue weighted by Crippen LogP contribution is 2.18. The zero-order valence-electron chi connectivity index (χ0n) is 11.8.